The van der Waals surface area contributed by atoms with E-state index in [1.54, 1.807) is 0 Å². The molecule has 0 aliphatic carbocycles. The van der Waals surface area contributed by atoms with Gasteiger partial charge < -0.3 is 4.90 Å². The van der Waals surface area contributed by atoms with Gasteiger partial charge in [0.2, 0.25) is 0 Å². The standard InChI is InChI=1S/C19H35N3O2S/c1-14(2)7-10-21-18(24)22(15(3)4)17(23)19(21)8-11-20(12-9-19)16(5)13-25-6/h14-16H,7-13H2,1-6H3. The first-order valence-corrected chi connectivity index (χ1v) is 11.0. The van der Waals surface area contributed by atoms with Gasteiger partial charge in [0, 0.05) is 37.5 Å². The van der Waals surface area contributed by atoms with Crippen LogP contribution in [-0.4, -0.2) is 75.9 Å². The van der Waals surface area contributed by atoms with Gasteiger partial charge in [-0.3, -0.25) is 14.6 Å². The first-order chi connectivity index (χ1) is 11.7. The number of hydrogen-bond acceptors (Lipinski definition) is 4. The zero-order valence-electron chi connectivity index (χ0n) is 16.7. The van der Waals surface area contributed by atoms with Crippen LogP contribution in [0.1, 0.15) is 53.9 Å². The van der Waals surface area contributed by atoms with Gasteiger partial charge in [-0.05, 0) is 52.2 Å². The summed E-state index contributed by atoms with van der Waals surface area (Å²) in [5.74, 6) is 1.66. The van der Waals surface area contributed by atoms with E-state index >= 15 is 0 Å². The molecule has 3 amide bonds. The smallest absolute Gasteiger partial charge is 0.309 e. The average molecular weight is 370 g/mol. The molecule has 2 fully saturated rings. The van der Waals surface area contributed by atoms with Crippen LogP contribution in [0.5, 0.6) is 0 Å². The Balaban J connectivity index is 2.20. The fourth-order valence-corrected chi connectivity index (χ4v) is 4.75. The van der Waals surface area contributed by atoms with E-state index in [-0.39, 0.29) is 18.0 Å². The minimum atomic E-state index is -0.605. The molecule has 0 N–H and O–H groups in total. The molecule has 2 heterocycles. The Morgan fingerprint density at radius 3 is 2.16 bits per heavy atom. The molecule has 0 bridgehead atoms. The summed E-state index contributed by atoms with van der Waals surface area (Å²) in [6, 6.07) is 0.366. The van der Waals surface area contributed by atoms with Crippen molar-refractivity contribution < 1.29 is 9.59 Å². The van der Waals surface area contributed by atoms with Crippen LogP contribution in [0.3, 0.4) is 0 Å². The van der Waals surface area contributed by atoms with E-state index in [1.807, 2.05) is 30.5 Å². The number of carbonyl (C=O) groups excluding carboxylic acids is 2. The highest BCUT2D eigenvalue weighted by atomic mass is 32.2. The molecule has 5 nitrogen and oxygen atoms in total. The molecule has 0 aromatic heterocycles. The Morgan fingerprint density at radius 2 is 1.68 bits per heavy atom. The lowest BCUT2D eigenvalue weighted by Crippen LogP contribution is -2.58. The van der Waals surface area contributed by atoms with Crippen molar-refractivity contribution >= 4 is 23.7 Å². The van der Waals surface area contributed by atoms with Crippen molar-refractivity contribution in [3.8, 4) is 0 Å². The highest BCUT2D eigenvalue weighted by Gasteiger charge is 2.58. The molecule has 0 aromatic carbocycles. The number of urea groups is 1. The molecule has 6 heteroatoms. The van der Waals surface area contributed by atoms with Crippen molar-refractivity contribution in [2.24, 2.45) is 5.92 Å². The monoisotopic (exact) mass is 369 g/mol. The summed E-state index contributed by atoms with van der Waals surface area (Å²) < 4.78 is 0. The Kier molecular flexibility index (Phi) is 6.82. The molecule has 2 rings (SSSR count). The molecule has 25 heavy (non-hydrogen) atoms. The Hall–Kier alpha value is -0.750. The zero-order chi connectivity index (χ0) is 18.8. The summed E-state index contributed by atoms with van der Waals surface area (Å²) in [6.07, 6.45) is 4.60. The number of likely N-dealkylation sites (tertiary alicyclic amines) is 1. The van der Waals surface area contributed by atoms with Gasteiger partial charge in [0.25, 0.3) is 5.91 Å². The molecule has 2 saturated heterocycles. The normalized spacial score (nSPS) is 22.7. The number of thioether (sulfide) groups is 1. The van der Waals surface area contributed by atoms with Gasteiger partial charge in [0.15, 0.2) is 0 Å². The van der Waals surface area contributed by atoms with Crippen molar-refractivity contribution in [1.29, 1.82) is 0 Å². The summed E-state index contributed by atoms with van der Waals surface area (Å²) in [6.45, 7) is 12.9. The summed E-state index contributed by atoms with van der Waals surface area (Å²) in [5.41, 5.74) is -0.605. The Bertz CT molecular complexity index is 487. The van der Waals surface area contributed by atoms with Crippen LogP contribution in [0.25, 0.3) is 0 Å². The molecule has 0 saturated carbocycles. The van der Waals surface area contributed by atoms with Crippen molar-refractivity contribution in [1.82, 2.24) is 14.7 Å². The van der Waals surface area contributed by atoms with E-state index in [0.717, 1.165) is 38.1 Å². The third kappa shape index (κ3) is 4.00. The molecular weight excluding hydrogens is 334 g/mol. The predicted molar refractivity (Wildman–Crippen MR) is 105 cm³/mol. The topological polar surface area (TPSA) is 43.9 Å². The van der Waals surface area contributed by atoms with Gasteiger partial charge in [-0.2, -0.15) is 11.8 Å². The minimum Gasteiger partial charge on any atom is -0.309 e. The highest BCUT2D eigenvalue weighted by Crippen LogP contribution is 2.39. The Labute approximate surface area is 157 Å². The number of nitrogens with zero attached hydrogens (tertiary/aromatic N) is 3. The average Bonchev–Trinajstić information content (AvgIpc) is 2.74. The lowest BCUT2D eigenvalue weighted by Gasteiger charge is -2.44. The van der Waals surface area contributed by atoms with Crippen molar-refractivity contribution in [3.05, 3.63) is 0 Å². The summed E-state index contributed by atoms with van der Waals surface area (Å²) in [7, 11) is 0. The van der Waals surface area contributed by atoms with E-state index < -0.39 is 5.54 Å². The summed E-state index contributed by atoms with van der Waals surface area (Å²) in [5, 5.41) is 0. The number of rotatable bonds is 7. The second-order valence-electron chi connectivity index (χ2n) is 8.26. The minimum absolute atomic E-state index is 0.0356. The van der Waals surface area contributed by atoms with Gasteiger partial charge in [0.1, 0.15) is 5.54 Å². The Morgan fingerprint density at radius 1 is 1.08 bits per heavy atom. The zero-order valence-corrected chi connectivity index (χ0v) is 17.6. The number of amides is 3. The van der Waals surface area contributed by atoms with E-state index in [9.17, 15) is 9.59 Å². The van der Waals surface area contributed by atoms with E-state index in [1.165, 1.54) is 4.90 Å². The van der Waals surface area contributed by atoms with Crippen LogP contribution < -0.4 is 0 Å². The van der Waals surface area contributed by atoms with Crippen LogP contribution in [0.2, 0.25) is 0 Å². The van der Waals surface area contributed by atoms with Gasteiger partial charge >= 0.3 is 6.03 Å². The molecule has 1 unspecified atom stereocenters. The second-order valence-corrected chi connectivity index (χ2v) is 9.17. The lowest BCUT2D eigenvalue weighted by molar-refractivity contribution is -0.137. The van der Waals surface area contributed by atoms with E-state index in [0.29, 0.717) is 18.5 Å². The molecule has 144 valence electrons. The van der Waals surface area contributed by atoms with Crippen LogP contribution >= 0.6 is 11.8 Å². The fraction of sp³-hybridized carbons (Fsp3) is 0.895. The van der Waals surface area contributed by atoms with Crippen LogP contribution in [-0.2, 0) is 4.79 Å². The first-order valence-electron chi connectivity index (χ1n) is 9.63. The molecule has 1 atom stereocenters. The quantitative estimate of drug-likeness (QED) is 0.646. The molecule has 1 spiro atoms. The molecule has 2 aliphatic rings. The third-order valence-electron chi connectivity index (χ3n) is 5.67. The molecular formula is C19H35N3O2S. The summed E-state index contributed by atoms with van der Waals surface area (Å²) in [4.78, 5) is 32.1. The molecule has 2 aliphatic heterocycles. The number of piperidine rings is 1. The highest BCUT2D eigenvalue weighted by molar-refractivity contribution is 7.98. The van der Waals surface area contributed by atoms with E-state index in [2.05, 4.69) is 31.9 Å². The van der Waals surface area contributed by atoms with Crippen molar-refractivity contribution in [2.45, 2.75) is 71.5 Å². The maximum absolute atomic E-state index is 13.2. The maximum Gasteiger partial charge on any atom is 0.327 e. The fourth-order valence-electron chi connectivity index (χ4n) is 4.06. The van der Waals surface area contributed by atoms with Crippen molar-refractivity contribution in [2.75, 3.05) is 31.6 Å². The number of imide groups is 1. The first kappa shape index (κ1) is 20.6. The van der Waals surface area contributed by atoms with Crippen LogP contribution in [0.4, 0.5) is 4.79 Å². The van der Waals surface area contributed by atoms with E-state index in [4.69, 9.17) is 0 Å². The predicted octanol–water partition coefficient (Wildman–Crippen LogP) is 3.29. The SMILES string of the molecule is CSCC(C)N1CCC2(CC1)C(=O)N(C(C)C)C(=O)N2CCC(C)C. The van der Waals surface area contributed by atoms with Crippen molar-refractivity contribution in [3.63, 3.8) is 0 Å². The van der Waals surface area contributed by atoms with Crippen LogP contribution in [0, 0.1) is 5.92 Å². The molecule has 0 radical (unpaired) electrons. The van der Waals surface area contributed by atoms with Gasteiger partial charge in [-0.15, -0.1) is 0 Å². The third-order valence-corrected chi connectivity index (χ3v) is 6.49. The second kappa shape index (κ2) is 8.30. The maximum atomic E-state index is 13.2. The van der Waals surface area contributed by atoms with Gasteiger partial charge in [-0.25, -0.2) is 4.79 Å². The largest absolute Gasteiger partial charge is 0.327 e. The summed E-state index contributed by atoms with van der Waals surface area (Å²) >= 11 is 1.86. The van der Waals surface area contributed by atoms with Gasteiger partial charge in [-0.1, -0.05) is 13.8 Å². The van der Waals surface area contributed by atoms with Gasteiger partial charge in [0.05, 0.1) is 0 Å². The molecule has 0 aromatic rings. The van der Waals surface area contributed by atoms with Crippen LogP contribution in [0.15, 0.2) is 0 Å². The lowest BCUT2D eigenvalue weighted by atomic mass is 9.85. The number of carbonyl (C=O) groups is 2. The number of hydrogen-bond donors (Lipinski definition) is 0.